The Hall–Kier alpha value is -0.570. The van der Waals surface area contributed by atoms with Crippen molar-refractivity contribution in [2.75, 3.05) is 19.7 Å². The van der Waals surface area contributed by atoms with Gasteiger partial charge in [0, 0.05) is 13.0 Å². The molecular weight excluding hydrogens is 190 g/mol. The second-order valence-corrected chi connectivity index (χ2v) is 3.74. The van der Waals surface area contributed by atoms with E-state index in [-0.39, 0.29) is 5.97 Å². The normalized spacial score (nSPS) is 10.3. The lowest BCUT2D eigenvalue weighted by molar-refractivity contribution is -0.143. The van der Waals surface area contributed by atoms with Gasteiger partial charge in [0.15, 0.2) is 0 Å². The Labute approximate surface area is 93.6 Å². The molecule has 0 spiro atoms. The second kappa shape index (κ2) is 11.5. The Kier molecular flexibility index (Phi) is 11.1. The highest BCUT2D eigenvalue weighted by molar-refractivity contribution is 5.69. The van der Waals surface area contributed by atoms with Crippen molar-refractivity contribution in [3.05, 3.63) is 0 Å². The maximum absolute atomic E-state index is 11.2. The molecule has 0 amide bonds. The van der Waals surface area contributed by atoms with E-state index in [1.165, 1.54) is 19.3 Å². The monoisotopic (exact) mass is 215 g/mol. The molecule has 1 N–H and O–H groups in total. The van der Waals surface area contributed by atoms with Crippen LogP contribution in [0.2, 0.25) is 0 Å². The van der Waals surface area contributed by atoms with Gasteiger partial charge in [-0.3, -0.25) is 4.79 Å². The molecule has 15 heavy (non-hydrogen) atoms. The van der Waals surface area contributed by atoms with E-state index in [1.807, 2.05) is 6.92 Å². The number of nitrogens with one attached hydrogen (secondary N) is 1. The van der Waals surface area contributed by atoms with Gasteiger partial charge in [-0.15, -0.1) is 0 Å². The van der Waals surface area contributed by atoms with Crippen LogP contribution < -0.4 is 5.32 Å². The number of hydrogen-bond acceptors (Lipinski definition) is 3. The van der Waals surface area contributed by atoms with Gasteiger partial charge in [-0.2, -0.15) is 0 Å². The molecule has 0 radical (unpaired) electrons. The van der Waals surface area contributed by atoms with Crippen LogP contribution >= 0.6 is 0 Å². The molecule has 3 heteroatoms. The minimum Gasteiger partial charge on any atom is -0.464 e. The van der Waals surface area contributed by atoms with Crippen molar-refractivity contribution in [3.8, 4) is 0 Å². The van der Waals surface area contributed by atoms with Crippen molar-refractivity contribution in [3.63, 3.8) is 0 Å². The summed E-state index contributed by atoms with van der Waals surface area (Å²) in [5, 5.41) is 3.11. The smallest absolute Gasteiger partial charge is 0.305 e. The standard InChI is InChI=1S/C12H25NO2/c1-3-5-6-7-8-9-12(14)15-11-10-13-4-2/h13H,3-11H2,1-2H3. The molecule has 0 saturated heterocycles. The van der Waals surface area contributed by atoms with E-state index in [1.54, 1.807) is 0 Å². The molecule has 0 saturated carbocycles. The van der Waals surface area contributed by atoms with Crippen LogP contribution in [-0.4, -0.2) is 25.7 Å². The number of ether oxygens (including phenoxy) is 1. The van der Waals surface area contributed by atoms with Gasteiger partial charge in [0.05, 0.1) is 0 Å². The lowest BCUT2D eigenvalue weighted by Gasteiger charge is -2.04. The number of esters is 1. The fraction of sp³-hybridized carbons (Fsp3) is 0.917. The lowest BCUT2D eigenvalue weighted by atomic mass is 10.1. The molecule has 0 fully saturated rings. The zero-order valence-electron chi connectivity index (χ0n) is 10.2. The number of likely N-dealkylation sites (N-methyl/N-ethyl adjacent to an activating group) is 1. The van der Waals surface area contributed by atoms with Crippen LogP contribution in [0.25, 0.3) is 0 Å². The average Bonchev–Trinajstić information content (AvgIpc) is 2.24. The van der Waals surface area contributed by atoms with Crippen LogP contribution in [0.15, 0.2) is 0 Å². The first kappa shape index (κ1) is 14.4. The van der Waals surface area contributed by atoms with E-state index in [2.05, 4.69) is 12.2 Å². The van der Waals surface area contributed by atoms with Crippen LogP contribution in [0, 0.1) is 0 Å². The van der Waals surface area contributed by atoms with E-state index in [0.717, 1.165) is 25.9 Å². The van der Waals surface area contributed by atoms with Crippen LogP contribution in [0.3, 0.4) is 0 Å². The summed E-state index contributed by atoms with van der Waals surface area (Å²) in [4.78, 5) is 11.2. The Morgan fingerprint density at radius 1 is 1.13 bits per heavy atom. The first-order valence-electron chi connectivity index (χ1n) is 6.17. The highest BCUT2D eigenvalue weighted by Crippen LogP contribution is 2.05. The molecule has 0 aromatic carbocycles. The molecule has 0 aromatic rings. The molecule has 3 nitrogen and oxygen atoms in total. The Bertz CT molecular complexity index is 149. The van der Waals surface area contributed by atoms with Gasteiger partial charge < -0.3 is 10.1 Å². The first-order chi connectivity index (χ1) is 7.31. The summed E-state index contributed by atoms with van der Waals surface area (Å²) in [5.41, 5.74) is 0. The van der Waals surface area contributed by atoms with E-state index < -0.39 is 0 Å². The fourth-order valence-corrected chi connectivity index (χ4v) is 1.36. The number of unbranched alkanes of at least 4 members (excludes halogenated alkanes) is 4. The van der Waals surface area contributed by atoms with Gasteiger partial charge in [0.1, 0.15) is 6.61 Å². The van der Waals surface area contributed by atoms with Crippen LogP contribution in [-0.2, 0) is 9.53 Å². The number of hydrogen-bond donors (Lipinski definition) is 1. The molecule has 0 aliphatic heterocycles. The SMILES string of the molecule is CCCCCCCC(=O)OCCNCC. The zero-order chi connectivity index (χ0) is 11.4. The van der Waals surface area contributed by atoms with E-state index in [9.17, 15) is 4.79 Å². The summed E-state index contributed by atoms with van der Waals surface area (Å²) in [6.07, 6.45) is 6.45. The number of rotatable bonds is 10. The topological polar surface area (TPSA) is 38.3 Å². The van der Waals surface area contributed by atoms with Gasteiger partial charge in [0.25, 0.3) is 0 Å². The van der Waals surface area contributed by atoms with Crippen LogP contribution in [0.4, 0.5) is 0 Å². The maximum atomic E-state index is 11.2. The van der Waals surface area contributed by atoms with Gasteiger partial charge >= 0.3 is 5.97 Å². The van der Waals surface area contributed by atoms with Crippen molar-refractivity contribution in [1.29, 1.82) is 0 Å². The van der Waals surface area contributed by atoms with Gasteiger partial charge in [-0.05, 0) is 13.0 Å². The summed E-state index contributed by atoms with van der Waals surface area (Å²) in [6.45, 7) is 6.42. The lowest BCUT2D eigenvalue weighted by Crippen LogP contribution is -2.20. The largest absolute Gasteiger partial charge is 0.464 e. The molecule has 0 aliphatic rings. The predicted octanol–water partition coefficient (Wildman–Crippen LogP) is 2.50. The highest BCUT2D eigenvalue weighted by Gasteiger charge is 2.01. The highest BCUT2D eigenvalue weighted by atomic mass is 16.5. The van der Waals surface area contributed by atoms with E-state index in [0.29, 0.717) is 13.0 Å². The Morgan fingerprint density at radius 2 is 1.87 bits per heavy atom. The molecule has 0 atom stereocenters. The molecule has 0 rings (SSSR count). The van der Waals surface area contributed by atoms with Crippen LogP contribution in [0.1, 0.15) is 52.4 Å². The first-order valence-corrected chi connectivity index (χ1v) is 6.17. The fourth-order valence-electron chi connectivity index (χ4n) is 1.36. The third-order valence-electron chi connectivity index (χ3n) is 2.28. The van der Waals surface area contributed by atoms with Crippen molar-refractivity contribution in [1.82, 2.24) is 5.32 Å². The number of carbonyl (C=O) groups excluding carboxylic acids is 1. The third kappa shape index (κ3) is 11.4. The molecule has 0 unspecified atom stereocenters. The summed E-state index contributed by atoms with van der Waals surface area (Å²) in [6, 6.07) is 0. The summed E-state index contributed by atoms with van der Waals surface area (Å²) in [5.74, 6) is -0.0515. The van der Waals surface area contributed by atoms with Crippen LogP contribution in [0.5, 0.6) is 0 Å². The van der Waals surface area contributed by atoms with Gasteiger partial charge in [-0.1, -0.05) is 39.5 Å². The molecular formula is C12H25NO2. The minimum absolute atomic E-state index is 0.0515. The maximum Gasteiger partial charge on any atom is 0.305 e. The van der Waals surface area contributed by atoms with Gasteiger partial charge in [-0.25, -0.2) is 0 Å². The predicted molar refractivity (Wildman–Crippen MR) is 62.9 cm³/mol. The quantitative estimate of drug-likeness (QED) is 0.449. The Balaban J connectivity index is 3.11. The van der Waals surface area contributed by atoms with Crippen molar-refractivity contribution in [2.24, 2.45) is 0 Å². The molecule has 0 aliphatic carbocycles. The van der Waals surface area contributed by atoms with Gasteiger partial charge in [0.2, 0.25) is 0 Å². The summed E-state index contributed by atoms with van der Waals surface area (Å²) in [7, 11) is 0. The molecule has 0 aromatic heterocycles. The molecule has 0 bridgehead atoms. The minimum atomic E-state index is -0.0515. The van der Waals surface area contributed by atoms with Crippen molar-refractivity contribution in [2.45, 2.75) is 52.4 Å². The van der Waals surface area contributed by atoms with Crippen molar-refractivity contribution >= 4 is 5.97 Å². The third-order valence-corrected chi connectivity index (χ3v) is 2.28. The second-order valence-electron chi connectivity index (χ2n) is 3.74. The zero-order valence-corrected chi connectivity index (χ0v) is 10.2. The summed E-state index contributed by atoms with van der Waals surface area (Å²) >= 11 is 0. The van der Waals surface area contributed by atoms with E-state index in [4.69, 9.17) is 4.74 Å². The molecule has 90 valence electrons. The van der Waals surface area contributed by atoms with E-state index >= 15 is 0 Å². The number of carbonyl (C=O) groups is 1. The summed E-state index contributed by atoms with van der Waals surface area (Å²) < 4.78 is 5.05. The van der Waals surface area contributed by atoms with Crippen molar-refractivity contribution < 1.29 is 9.53 Å². The Morgan fingerprint density at radius 3 is 2.53 bits per heavy atom. The average molecular weight is 215 g/mol. The molecule has 0 heterocycles.